The van der Waals surface area contributed by atoms with Crippen molar-refractivity contribution in [2.75, 3.05) is 25.0 Å². The summed E-state index contributed by atoms with van der Waals surface area (Å²) in [6.45, 7) is 8.91. The maximum absolute atomic E-state index is 13.1. The number of carbonyl (C=O) groups is 1. The molecule has 6 nitrogen and oxygen atoms in total. The van der Waals surface area contributed by atoms with Crippen LogP contribution in [0.15, 0.2) is 47.4 Å². The van der Waals surface area contributed by atoms with Crippen LogP contribution in [-0.2, 0) is 21.4 Å². The van der Waals surface area contributed by atoms with Gasteiger partial charge in [-0.2, -0.15) is 4.31 Å². The van der Waals surface area contributed by atoms with Gasteiger partial charge in [-0.3, -0.25) is 9.69 Å². The molecule has 1 amide bonds. The number of hydrogen-bond donors (Lipinski definition) is 1. The lowest BCUT2D eigenvalue weighted by molar-refractivity contribution is -0.120. The average molecular weight is 484 g/mol. The Hall–Kier alpha value is -2.22. The predicted octanol–water partition coefficient (Wildman–Crippen LogP) is 4.72. The van der Waals surface area contributed by atoms with Crippen molar-refractivity contribution < 1.29 is 13.2 Å². The first-order chi connectivity index (χ1) is 16.2. The molecule has 1 unspecified atom stereocenters. The van der Waals surface area contributed by atoms with E-state index in [1.807, 2.05) is 38.1 Å². The highest BCUT2D eigenvalue weighted by molar-refractivity contribution is 7.89. The largest absolute Gasteiger partial charge is 0.326 e. The summed E-state index contributed by atoms with van der Waals surface area (Å²) in [6, 6.07) is 14.2. The second kappa shape index (κ2) is 10.6. The monoisotopic (exact) mass is 483 g/mol. The number of sulfonamides is 1. The molecule has 0 aliphatic carbocycles. The number of carbonyl (C=O) groups excluding carboxylic acids is 1. The number of anilines is 1. The first kappa shape index (κ1) is 24.9. The van der Waals surface area contributed by atoms with E-state index in [1.54, 1.807) is 6.07 Å². The van der Waals surface area contributed by atoms with Gasteiger partial charge in [-0.05, 0) is 82.3 Å². The van der Waals surface area contributed by atoms with Crippen LogP contribution in [0.5, 0.6) is 0 Å². The fraction of sp³-hybridized carbons (Fsp3) is 0.519. The van der Waals surface area contributed by atoms with Gasteiger partial charge in [-0.15, -0.1) is 0 Å². The topological polar surface area (TPSA) is 69.7 Å². The highest BCUT2D eigenvalue weighted by Crippen LogP contribution is 2.27. The van der Waals surface area contributed by atoms with E-state index >= 15 is 0 Å². The zero-order valence-corrected chi connectivity index (χ0v) is 21.4. The molecule has 0 bridgehead atoms. The molecule has 4 rings (SSSR count). The number of amides is 1. The summed E-state index contributed by atoms with van der Waals surface area (Å²) >= 11 is 0. The van der Waals surface area contributed by atoms with Gasteiger partial charge in [0, 0.05) is 37.3 Å². The van der Waals surface area contributed by atoms with Crippen LogP contribution in [0.3, 0.4) is 0 Å². The van der Waals surface area contributed by atoms with Crippen molar-refractivity contribution >= 4 is 21.6 Å². The summed E-state index contributed by atoms with van der Waals surface area (Å²) in [6.07, 6.45) is 4.91. The Bertz CT molecular complexity index is 1110. The molecule has 2 aromatic carbocycles. The molecule has 0 spiro atoms. The molecular formula is C27H37N3O3S. The summed E-state index contributed by atoms with van der Waals surface area (Å²) in [5.74, 6) is -0.208. The number of nitrogens with zero attached hydrogens (tertiary/aromatic N) is 2. The minimum atomic E-state index is -3.54. The Labute approximate surface area is 204 Å². The van der Waals surface area contributed by atoms with E-state index in [0.29, 0.717) is 36.9 Å². The third kappa shape index (κ3) is 5.70. The van der Waals surface area contributed by atoms with Gasteiger partial charge in [0.1, 0.15) is 0 Å². The third-order valence-corrected chi connectivity index (χ3v) is 9.38. The lowest BCUT2D eigenvalue weighted by Crippen LogP contribution is -2.41. The summed E-state index contributed by atoms with van der Waals surface area (Å²) < 4.78 is 27.7. The average Bonchev–Trinajstić information content (AvgIpc) is 2.81. The van der Waals surface area contributed by atoms with Crippen molar-refractivity contribution in [3.05, 3.63) is 59.2 Å². The van der Waals surface area contributed by atoms with Gasteiger partial charge >= 0.3 is 0 Å². The van der Waals surface area contributed by atoms with Crippen LogP contribution in [0.2, 0.25) is 0 Å². The van der Waals surface area contributed by atoms with Gasteiger partial charge < -0.3 is 5.32 Å². The van der Waals surface area contributed by atoms with Crippen LogP contribution in [0.4, 0.5) is 5.69 Å². The molecule has 0 saturated carbocycles. The molecule has 1 N–H and O–H groups in total. The number of aryl methyl sites for hydroxylation is 2. The lowest BCUT2D eigenvalue weighted by Gasteiger charge is -2.33. The Morgan fingerprint density at radius 1 is 0.971 bits per heavy atom. The molecule has 2 fully saturated rings. The van der Waals surface area contributed by atoms with Crippen molar-refractivity contribution in [1.82, 2.24) is 9.21 Å². The highest BCUT2D eigenvalue weighted by Gasteiger charge is 2.32. The predicted molar refractivity (Wildman–Crippen MR) is 136 cm³/mol. The Morgan fingerprint density at radius 2 is 1.68 bits per heavy atom. The Kier molecular flexibility index (Phi) is 7.75. The minimum absolute atomic E-state index is 0.0269. The van der Waals surface area contributed by atoms with E-state index in [9.17, 15) is 13.2 Å². The van der Waals surface area contributed by atoms with Gasteiger partial charge in [0.15, 0.2) is 0 Å². The van der Waals surface area contributed by atoms with E-state index in [2.05, 4.69) is 29.3 Å². The van der Waals surface area contributed by atoms with Gasteiger partial charge in [0.2, 0.25) is 15.9 Å². The second-order valence-electron chi connectivity index (χ2n) is 9.95. The number of nitrogens with one attached hydrogen (secondary N) is 1. The number of rotatable bonds is 6. The molecule has 184 valence electrons. The van der Waals surface area contributed by atoms with E-state index in [-0.39, 0.29) is 11.8 Å². The number of hydrogen-bond acceptors (Lipinski definition) is 4. The van der Waals surface area contributed by atoms with Crippen molar-refractivity contribution in [2.24, 2.45) is 5.92 Å². The van der Waals surface area contributed by atoms with Crippen molar-refractivity contribution in [1.29, 1.82) is 0 Å². The zero-order chi connectivity index (χ0) is 24.3. The molecule has 2 heterocycles. The minimum Gasteiger partial charge on any atom is -0.326 e. The molecule has 7 heteroatoms. The van der Waals surface area contributed by atoms with Gasteiger partial charge in [-0.25, -0.2) is 8.42 Å². The summed E-state index contributed by atoms with van der Waals surface area (Å²) in [7, 11) is -3.54. The fourth-order valence-electron chi connectivity index (χ4n) is 5.15. The fourth-order valence-corrected chi connectivity index (χ4v) is 6.83. The maximum atomic E-state index is 13.1. The standard InChI is InChI=1S/C27H37N3O3S/c1-20-7-12-26(21(2)18-20)34(32,33)30-16-13-24(14-17-30)27(31)28-25-10-8-23(9-11-25)19-29-15-5-4-6-22(29)3/h7-12,18,22,24H,4-6,13-17,19H2,1-3H3,(H,28,31). The van der Waals surface area contributed by atoms with Crippen LogP contribution in [0.25, 0.3) is 0 Å². The molecular weight excluding hydrogens is 446 g/mol. The number of likely N-dealkylation sites (tertiary alicyclic amines) is 1. The van der Waals surface area contributed by atoms with E-state index in [1.165, 1.54) is 29.1 Å². The summed E-state index contributed by atoms with van der Waals surface area (Å²) in [5, 5.41) is 3.03. The second-order valence-corrected chi connectivity index (χ2v) is 11.9. The molecule has 34 heavy (non-hydrogen) atoms. The molecule has 2 aliphatic rings. The van der Waals surface area contributed by atoms with Gasteiger partial charge in [0.25, 0.3) is 0 Å². The Morgan fingerprint density at radius 3 is 2.32 bits per heavy atom. The normalized spacial score (nSPS) is 20.9. The molecule has 0 radical (unpaired) electrons. The summed E-state index contributed by atoms with van der Waals surface area (Å²) in [5.41, 5.74) is 3.86. The smallest absolute Gasteiger partial charge is 0.243 e. The van der Waals surface area contributed by atoms with Crippen LogP contribution < -0.4 is 5.32 Å². The number of piperidine rings is 2. The van der Waals surface area contributed by atoms with Crippen LogP contribution in [0.1, 0.15) is 55.7 Å². The van der Waals surface area contributed by atoms with E-state index in [0.717, 1.165) is 29.9 Å². The quantitative estimate of drug-likeness (QED) is 0.646. The van der Waals surface area contributed by atoms with Gasteiger partial charge in [-0.1, -0.05) is 36.2 Å². The highest BCUT2D eigenvalue weighted by atomic mass is 32.2. The molecule has 2 aromatic rings. The maximum Gasteiger partial charge on any atom is 0.243 e. The molecule has 0 aromatic heterocycles. The van der Waals surface area contributed by atoms with Crippen molar-refractivity contribution in [3.63, 3.8) is 0 Å². The molecule has 2 aliphatic heterocycles. The van der Waals surface area contributed by atoms with Crippen LogP contribution in [0, 0.1) is 19.8 Å². The van der Waals surface area contributed by atoms with Crippen LogP contribution >= 0.6 is 0 Å². The van der Waals surface area contributed by atoms with E-state index < -0.39 is 10.0 Å². The summed E-state index contributed by atoms with van der Waals surface area (Å²) in [4.78, 5) is 15.7. The van der Waals surface area contributed by atoms with Crippen molar-refractivity contribution in [2.45, 2.75) is 70.4 Å². The molecule has 2 saturated heterocycles. The lowest BCUT2D eigenvalue weighted by atomic mass is 9.97. The Balaban J connectivity index is 1.30. The molecule has 1 atom stereocenters. The first-order valence-corrected chi connectivity index (χ1v) is 13.9. The van der Waals surface area contributed by atoms with E-state index in [4.69, 9.17) is 0 Å². The third-order valence-electron chi connectivity index (χ3n) is 7.32. The number of benzene rings is 2. The van der Waals surface area contributed by atoms with Gasteiger partial charge in [0.05, 0.1) is 4.90 Å². The SMILES string of the molecule is Cc1ccc(S(=O)(=O)N2CCC(C(=O)Nc3ccc(CN4CCCCC4C)cc3)CC2)c(C)c1. The van der Waals surface area contributed by atoms with Crippen LogP contribution in [-0.4, -0.2) is 49.2 Å². The zero-order valence-electron chi connectivity index (χ0n) is 20.6. The first-order valence-electron chi connectivity index (χ1n) is 12.5. The van der Waals surface area contributed by atoms with Crippen molar-refractivity contribution in [3.8, 4) is 0 Å².